The lowest BCUT2D eigenvalue weighted by molar-refractivity contribution is -0.114. The number of fused-ring (bicyclic) bond motifs is 1. The summed E-state index contributed by atoms with van der Waals surface area (Å²) in [5.74, 6) is 0.142. The highest BCUT2D eigenvalue weighted by Gasteiger charge is 2.08. The van der Waals surface area contributed by atoms with Gasteiger partial charge in [0.25, 0.3) is 0 Å². The normalized spacial score (nSPS) is 10.5. The molecule has 1 aromatic heterocycles. The van der Waals surface area contributed by atoms with Gasteiger partial charge >= 0.3 is 0 Å². The zero-order valence-electron chi connectivity index (χ0n) is 12.7. The Morgan fingerprint density at radius 2 is 1.75 bits per heavy atom. The van der Waals surface area contributed by atoms with Crippen LogP contribution in [-0.4, -0.2) is 28.3 Å². The van der Waals surface area contributed by atoms with E-state index in [9.17, 15) is 9.59 Å². The summed E-state index contributed by atoms with van der Waals surface area (Å²) in [6, 6.07) is 13.7. The highest BCUT2D eigenvalue weighted by Crippen LogP contribution is 2.23. The van der Waals surface area contributed by atoms with Crippen LogP contribution in [0.15, 0.2) is 54.0 Å². The first-order chi connectivity index (χ1) is 11.7. The molecule has 0 saturated carbocycles. The van der Waals surface area contributed by atoms with Gasteiger partial charge in [-0.15, -0.1) is 23.1 Å². The number of hydrogen-bond acceptors (Lipinski definition) is 5. The van der Waals surface area contributed by atoms with Crippen LogP contribution in [0, 0.1) is 0 Å². The Bertz CT molecular complexity index is 845. The predicted molar refractivity (Wildman–Crippen MR) is 101 cm³/mol. The van der Waals surface area contributed by atoms with E-state index in [2.05, 4.69) is 15.6 Å². The van der Waals surface area contributed by atoms with Crippen molar-refractivity contribution in [3.8, 4) is 0 Å². The molecule has 0 radical (unpaired) electrons. The minimum Gasteiger partial charge on any atom is -0.325 e. The van der Waals surface area contributed by atoms with E-state index in [1.54, 1.807) is 11.6 Å². The van der Waals surface area contributed by atoms with Gasteiger partial charge in [-0.25, -0.2) is 4.98 Å². The molecule has 3 aromatic rings. The number of carbonyl (C=O) groups excluding carboxylic acids is 2. The number of rotatable bonds is 6. The number of thioether (sulfide) groups is 1. The van der Waals surface area contributed by atoms with E-state index in [-0.39, 0.29) is 23.3 Å². The average molecular weight is 357 g/mol. The van der Waals surface area contributed by atoms with E-state index >= 15 is 0 Å². The highest BCUT2D eigenvalue weighted by molar-refractivity contribution is 8.00. The quantitative estimate of drug-likeness (QED) is 0.707. The Morgan fingerprint density at radius 3 is 2.54 bits per heavy atom. The first-order valence-corrected chi connectivity index (χ1v) is 9.30. The van der Waals surface area contributed by atoms with E-state index in [1.165, 1.54) is 23.1 Å². The highest BCUT2D eigenvalue weighted by atomic mass is 32.2. The third-order valence-corrected chi connectivity index (χ3v) is 4.83. The molecule has 2 N–H and O–H groups in total. The van der Waals surface area contributed by atoms with Crippen molar-refractivity contribution in [3.63, 3.8) is 0 Å². The van der Waals surface area contributed by atoms with Crippen LogP contribution in [-0.2, 0) is 9.59 Å². The van der Waals surface area contributed by atoms with Crippen molar-refractivity contribution in [2.45, 2.75) is 0 Å². The van der Waals surface area contributed by atoms with Crippen LogP contribution in [0.25, 0.3) is 10.8 Å². The molecule has 7 heteroatoms. The van der Waals surface area contributed by atoms with Crippen molar-refractivity contribution in [1.29, 1.82) is 0 Å². The largest absolute Gasteiger partial charge is 0.325 e. The van der Waals surface area contributed by atoms with Crippen molar-refractivity contribution in [2.75, 3.05) is 22.1 Å². The molecule has 0 bridgehead atoms. The van der Waals surface area contributed by atoms with Crippen LogP contribution < -0.4 is 10.6 Å². The molecule has 1 heterocycles. The minimum absolute atomic E-state index is 0.126. The second-order valence-electron chi connectivity index (χ2n) is 4.95. The number of anilines is 2. The first-order valence-electron chi connectivity index (χ1n) is 7.27. The SMILES string of the molecule is O=C(CSCC(=O)Nc1cccc2ccccc12)Nc1nccs1. The Kier molecular flexibility index (Phi) is 5.45. The fourth-order valence-corrected chi connectivity index (χ4v) is 3.36. The summed E-state index contributed by atoms with van der Waals surface area (Å²) < 4.78 is 0. The Balaban J connectivity index is 1.49. The molecule has 0 unspecified atom stereocenters. The molecule has 0 fully saturated rings. The topological polar surface area (TPSA) is 71.1 Å². The first kappa shape index (κ1) is 16.5. The van der Waals surface area contributed by atoms with Crippen LogP contribution in [0.3, 0.4) is 0 Å². The van der Waals surface area contributed by atoms with Crippen LogP contribution in [0.2, 0.25) is 0 Å². The molecule has 0 aliphatic heterocycles. The number of nitrogens with one attached hydrogen (secondary N) is 2. The van der Waals surface area contributed by atoms with Gasteiger partial charge in [-0.3, -0.25) is 9.59 Å². The maximum atomic E-state index is 12.1. The molecule has 24 heavy (non-hydrogen) atoms. The third-order valence-electron chi connectivity index (χ3n) is 3.21. The van der Waals surface area contributed by atoms with Gasteiger partial charge in [-0.05, 0) is 11.5 Å². The van der Waals surface area contributed by atoms with Crippen LogP contribution in [0.4, 0.5) is 10.8 Å². The van der Waals surface area contributed by atoms with E-state index in [4.69, 9.17) is 0 Å². The van der Waals surface area contributed by atoms with Crippen molar-refractivity contribution >= 4 is 56.5 Å². The molecule has 0 aliphatic carbocycles. The molecule has 2 amide bonds. The molecule has 122 valence electrons. The van der Waals surface area contributed by atoms with E-state index in [0.717, 1.165) is 16.5 Å². The van der Waals surface area contributed by atoms with Gasteiger partial charge in [0.05, 0.1) is 11.5 Å². The molecule has 3 rings (SSSR count). The summed E-state index contributed by atoms with van der Waals surface area (Å²) in [7, 11) is 0. The third kappa shape index (κ3) is 4.33. The lowest BCUT2D eigenvalue weighted by Crippen LogP contribution is -2.18. The zero-order valence-corrected chi connectivity index (χ0v) is 14.3. The molecule has 0 atom stereocenters. The maximum absolute atomic E-state index is 12.1. The zero-order chi connectivity index (χ0) is 16.8. The van der Waals surface area contributed by atoms with Gasteiger partial charge in [0.15, 0.2) is 5.13 Å². The number of thiazole rings is 1. The fraction of sp³-hybridized carbons (Fsp3) is 0.118. The fourth-order valence-electron chi connectivity index (χ4n) is 2.20. The Morgan fingerprint density at radius 1 is 1.00 bits per heavy atom. The summed E-state index contributed by atoms with van der Waals surface area (Å²) in [5, 5.41) is 10.0. The lowest BCUT2D eigenvalue weighted by atomic mass is 10.1. The second kappa shape index (κ2) is 7.94. The van der Waals surface area contributed by atoms with Gasteiger partial charge in [0, 0.05) is 22.7 Å². The molecule has 0 saturated heterocycles. The number of nitrogens with zero attached hydrogens (tertiary/aromatic N) is 1. The molecule has 5 nitrogen and oxygen atoms in total. The number of carbonyl (C=O) groups is 2. The average Bonchev–Trinajstić information content (AvgIpc) is 3.08. The van der Waals surface area contributed by atoms with E-state index < -0.39 is 0 Å². The van der Waals surface area contributed by atoms with E-state index in [0.29, 0.717) is 5.13 Å². The monoisotopic (exact) mass is 357 g/mol. The van der Waals surface area contributed by atoms with Gasteiger partial charge in [0.1, 0.15) is 0 Å². The Labute approximate surface area is 147 Å². The van der Waals surface area contributed by atoms with Crippen LogP contribution in [0.1, 0.15) is 0 Å². The Hall–Kier alpha value is -2.38. The number of benzene rings is 2. The smallest absolute Gasteiger partial charge is 0.236 e. The molecular weight excluding hydrogens is 342 g/mol. The van der Waals surface area contributed by atoms with Crippen LogP contribution >= 0.6 is 23.1 Å². The van der Waals surface area contributed by atoms with Gasteiger partial charge in [-0.2, -0.15) is 0 Å². The van der Waals surface area contributed by atoms with E-state index in [1.807, 2.05) is 42.5 Å². The molecule has 2 aromatic carbocycles. The summed E-state index contributed by atoms with van der Waals surface area (Å²) in [4.78, 5) is 27.8. The lowest BCUT2D eigenvalue weighted by Gasteiger charge is -2.08. The number of aromatic nitrogens is 1. The summed E-state index contributed by atoms with van der Waals surface area (Å²) in [6.07, 6.45) is 1.63. The van der Waals surface area contributed by atoms with Crippen molar-refractivity contribution in [1.82, 2.24) is 4.98 Å². The molecule has 0 spiro atoms. The van der Waals surface area contributed by atoms with Gasteiger partial charge in [-0.1, -0.05) is 36.4 Å². The summed E-state index contributed by atoms with van der Waals surface area (Å²) in [6.45, 7) is 0. The second-order valence-corrected chi connectivity index (χ2v) is 6.83. The standard InChI is InChI=1S/C17H15N3O2S2/c21-15(10-23-11-16(22)20-17-18-8-9-24-17)19-14-7-3-5-12-4-1-2-6-13(12)14/h1-9H,10-11H2,(H,19,21)(H,18,20,22). The summed E-state index contributed by atoms with van der Waals surface area (Å²) >= 11 is 2.63. The predicted octanol–water partition coefficient (Wildman–Crippen LogP) is 3.61. The number of amides is 2. The van der Waals surface area contributed by atoms with Gasteiger partial charge < -0.3 is 10.6 Å². The molecule has 0 aliphatic rings. The number of hydrogen-bond donors (Lipinski definition) is 2. The molecular formula is C17H15N3O2S2. The maximum Gasteiger partial charge on any atom is 0.236 e. The summed E-state index contributed by atoms with van der Waals surface area (Å²) in [5.41, 5.74) is 0.783. The minimum atomic E-state index is -0.159. The van der Waals surface area contributed by atoms with Crippen molar-refractivity contribution < 1.29 is 9.59 Å². The van der Waals surface area contributed by atoms with Gasteiger partial charge in [0.2, 0.25) is 11.8 Å². The van der Waals surface area contributed by atoms with Crippen LogP contribution in [0.5, 0.6) is 0 Å². The van der Waals surface area contributed by atoms with Crippen molar-refractivity contribution in [2.24, 2.45) is 0 Å². The van der Waals surface area contributed by atoms with Crippen molar-refractivity contribution in [3.05, 3.63) is 54.0 Å².